The van der Waals surface area contributed by atoms with Crippen molar-refractivity contribution in [3.8, 4) is 0 Å². The van der Waals surface area contributed by atoms with E-state index in [-0.39, 0.29) is 17.0 Å². The Hall–Kier alpha value is -0.400. The summed E-state index contributed by atoms with van der Waals surface area (Å²) < 4.78 is 128. The molecule has 28 heavy (non-hydrogen) atoms. The van der Waals surface area contributed by atoms with E-state index in [4.69, 9.17) is 0 Å². The largest absolute Gasteiger partial charge is 0.473 e. The molecule has 0 aliphatic rings. The summed E-state index contributed by atoms with van der Waals surface area (Å²) in [5.74, 6) is 0. The highest BCUT2D eigenvalue weighted by Crippen LogP contribution is 2.30. The first-order valence-electron chi connectivity index (χ1n) is 7.68. The van der Waals surface area contributed by atoms with Gasteiger partial charge >= 0.3 is 19.2 Å². The number of halogens is 4. The zero-order valence-electron chi connectivity index (χ0n) is 14.7. The zero-order valence-corrected chi connectivity index (χ0v) is 18.0. The Balaban J connectivity index is 5.59. The molecule has 0 fully saturated rings. The Morgan fingerprint density at radius 3 is 1.54 bits per heavy atom. The fourth-order valence-corrected chi connectivity index (χ4v) is 7.03. The molecule has 0 heterocycles. The number of unbranched alkanes of at least 4 members (excludes halogenated alkanes) is 2. The summed E-state index contributed by atoms with van der Waals surface area (Å²) in [5, 5.41) is 0. The molecule has 0 rings (SSSR count). The van der Waals surface area contributed by atoms with Gasteiger partial charge in [0.25, 0.3) is 20.0 Å². The number of sulfonamides is 3. The topological polar surface area (TPSA) is 156 Å². The van der Waals surface area contributed by atoms with E-state index in [1.807, 2.05) is 0 Å². The highest BCUT2D eigenvalue weighted by Gasteiger charge is 2.61. The molecule has 1 unspecified atom stereocenters. The number of hydrogen-bond acceptors (Lipinski definition) is 7. The molecular weight excluding hydrogens is 478 g/mol. The minimum atomic E-state index is -6.53. The normalized spacial score (nSPS) is 15.5. The first-order chi connectivity index (χ1) is 12.5. The molecule has 0 aromatic heterocycles. The maximum Gasteiger partial charge on any atom is 0.473 e. The van der Waals surface area contributed by atoms with Crippen molar-refractivity contribution in [1.29, 1.82) is 0 Å². The smallest absolute Gasteiger partial charge is 0.234 e. The molecule has 170 valence electrons. The summed E-state index contributed by atoms with van der Waals surface area (Å²) >= 11 is 0. The van der Waals surface area contributed by atoms with Gasteiger partial charge in [0.2, 0.25) is 0 Å². The minimum Gasteiger partial charge on any atom is -0.234 e. The lowest BCUT2D eigenvalue weighted by atomic mass is 10.3. The summed E-state index contributed by atoms with van der Waals surface area (Å²) in [4.78, 5) is 0. The van der Waals surface area contributed by atoms with E-state index in [0.29, 0.717) is 12.8 Å². The van der Waals surface area contributed by atoms with Crippen LogP contribution in [0.15, 0.2) is 0 Å². The average Bonchev–Trinajstić information content (AvgIpc) is 2.54. The van der Waals surface area contributed by atoms with Crippen LogP contribution in [-0.2, 0) is 41.1 Å². The van der Waals surface area contributed by atoms with Gasteiger partial charge in [-0.2, -0.15) is 17.6 Å². The van der Waals surface area contributed by atoms with Crippen molar-refractivity contribution >= 4 is 41.1 Å². The van der Waals surface area contributed by atoms with Crippen LogP contribution < -0.4 is 13.6 Å². The first kappa shape index (κ1) is 27.6. The van der Waals surface area contributed by atoms with E-state index in [1.165, 1.54) is 9.44 Å². The quantitative estimate of drug-likeness (QED) is 0.226. The standard InChI is InChI=1S/C10H21F4N3O7S4/c1-3-5-7-15-26(19,20)9(11,12)25(18)17-28(23,24)10(13,14)27(21,22)16-8-6-4-2/h15-17H,3-8H2,1-2H3. The summed E-state index contributed by atoms with van der Waals surface area (Å²) in [6, 6.07) is 0. The molecule has 0 amide bonds. The van der Waals surface area contributed by atoms with Gasteiger partial charge in [-0.25, -0.2) is 38.9 Å². The van der Waals surface area contributed by atoms with Gasteiger partial charge in [0.05, 0.1) is 0 Å². The second-order valence-electron chi connectivity index (χ2n) is 5.28. The van der Waals surface area contributed by atoms with E-state index in [9.17, 15) is 47.0 Å². The molecule has 0 spiro atoms. The molecule has 18 heteroatoms. The van der Waals surface area contributed by atoms with Gasteiger partial charge in [-0.05, 0) is 12.8 Å². The van der Waals surface area contributed by atoms with Crippen molar-refractivity contribution in [2.75, 3.05) is 13.1 Å². The van der Waals surface area contributed by atoms with E-state index in [2.05, 4.69) is 0 Å². The molecule has 0 aromatic carbocycles. The van der Waals surface area contributed by atoms with Crippen molar-refractivity contribution in [1.82, 2.24) is 13.6 Å². The van der Waals surface area contributed by atoms with Gasteiger partial charge in [0.1, 0.15) is 0 Å². The third-order valence-corrected chi connectivity index (χ3v) is 10.4. The van der Waals surface area contributed by atoms with Crippen LogP contribution >= 0.6 is 0 Å². The summed E-state index contributed by atoms with van der Waals surface area (Å²) in [6.45, 7) is 2.09. The Labute approximate surface area is 163 Å². The molecule has 0 aliphatic heterocycles. The lowest BCUT2D eigenvalue weighted by Crippen LogP contribution is -2.54. The fourth-order valence-electron chi connectivity index (χ4n) is 1.38. The van der Waals surface area contributed by atoms with Crippen molar-refractivity contribution in [2.45, 2.75) is 48.7 Å². The van der Waals surface area contributed by atoms with Crippen molar-refractivity contribution < 1.29 is 47.0 Å². The zero-order chi connectivity index (χ0) is 22.4. The van der Waals surface area contributed by atoms with Gasteiger partial charge in [-0.1, -0.05) is 26.7 Å². The van der Waals surface area contributed by atoms with Gasteiger partial charge in [0, 0.05) is 13.1 Å². The molecular formula is C10H21F4N3O7S4. The Morgan fingerprint density at radius 1 is 0.750 bits per heavy atom. The second-order valence-corrected chi connectivity index (χ2v) is 12.7. The van der Waals surface area contributed by atoms with Crippen molar-refractivity contribution in [3.05, 3.63) is 0 Å². The van der Waals surface area contributed by atoms with Crippen molar-refractivity contribution in [2.24, 2.45) is 0 Å². The van der Waals surface area contributed by atoms with Gasteiger partial charge in [0.15, 0.2) is 11.0 Å². The SMILES string of the molecule is CCCCNS(=O)(=O)C(F)(F)S(=O)NS(=O)(=O)C(F)(F)S(=O)(=O)NCCCC. The monoisotopic (exact) mass is 499 g/mol. The van der Waals surface area contributed by atoms with Gasteiger partial charge < -0.3 is 0 Å². The van der Waals surface area contributed by atoms with E-state index in [1.54, 1.807) is 13.8 Å². The molecule has 1 atom stereocenters. The van der Waals surface area contributed by atoms with Gasteiger partial charge in [-0.15, -0.1) is 4.13 Å². The van der Waals surface area contributed by atoms with Crippen LogP contribution in [0, 0.1) is 0 Å². The summed E-state index contributed by atoms with van der Waals surface area (Å²) in [5.41, 5.74) is 0. The van der Waals surface area contributed by atoms with Crippen molar-refractivity contribution in [3.63, 3.8) is 0 Å². The Bertz CT molecular complexity index is 859. The summed E-state index contributed by atoms with van der Waals surface area (Å²) in [6.07, 6.45) is 0.916. The van der Waals surface area contributed by atoms with E-state index >= 15 is 0 Å². The number of hydrogen-bond donors (Lipinski definition) is 3. The number of alkyl halides is 4. The molecule has 3 N–H and O–H groups in total. The van der Waals surface area contributed by atoms with Crippen LogP contribution in [0.25, 0.3) is 0 Å². The molecule has 0 saturated heterocycles. The van der Waals surface area contributed by atoms with Crippen LogP contribution in [0.5, 0.6) is 0 Å². The number of rotatable bonds is 14. The van der Waals surface area contributed by atoms with Crippen LogP contribution in [0.3, 0.4) is 0 Å². The lowest BCUT2D eigenvalue weighted by Gasteiger charge is -2.20. The first-order valence-corrected chi connectivity index (χ1v) is 13.3. The van der Waals surface area contributed by atoms with Crippen LogP contribution in [0.4, 0.5) is 17.6 Å². The average molecular weight is 500 g/mol. The highest BCUT2D eigenvalue weighted by atomic mass is 32.3. The molecule has 0 saturated carbocycles. The number of nitrogens with one attached hydrogen (secondary N) is 3. The van der Waals surface area contributed by atoms with E-state index < -0.39 is 63.3 Å². The minimum absolute atomic E-state index is 0.0639. The fraction of sp³-hybridized carbons (Fsp3) is 1.00. The highest BCUT2D eigenvalue weighted by molar-refractivity contribution is 8.15. The molecule has 0 bridgehead atoms. The van der Waals surface area contributed by atoms with Gasteiger partial charge in [-0.3, -0.25) is 0 Å². The van der Waals surface area contributed by atoms with Crippen LogP contribution in [0.2, 0.25) is 0 Å². The molecule has 0 radical (unpaired) electrons. The van der Waals surface area contributed by atoms with Crippen LogP contribution in [0.1, 0.15) is 39.5 Å². The predicted molar refractivity (Wildman–Crippen MR) is 93.8 cm³/mol. The molecule has 0 aliphatic carbocycles. The maximum absolute atomic E-state index is 13.9. The third-order valence-electron chi connectivity index (χ3n) is 2.98. The molecule has 0 aromatic rings. The lowest BCUT2D eigenvalue weighted by molar-refractivity contribution is 0.175. The predicted octanol–water partition coefficient (Wildman–Crippen LogP) is 0.109. The third kappa shape index (κ3) is 6.30. The molecule has 10 nitrogen and oxygen atoms in total. The second kappa shape index (κ2) is 10.1. The maximum atomic E-state index is 13.9. The summed E-state index contributed by atoms with van der Waals surface area (Å²) in [7, 11) is -22.6. The van der Waals surface area contributed by atoms with Crippen LogP contribution in [-0.4, -0.2) is 51.7 Å². The van der Waals surface area contributed by atoms with E-state index in [0.717, 1.165) is 0 Å². The Morgan fingerprint density at radius 2 is 1.14 bits per heavy atom. The Kier molecular flexibility index (Phi) is 9.93.